The highest BCUT2D eigenvalue weighted by atomic mass is 32.2. The molecule has 13 heteroatoms. The van der Waals surface area contributed by atoms with Crippen LogP contribution in [0.4, 0.5) is 0 Å². The zero-order valence-electron chi connectivity index (χ0n) is 20.7. The molecule has 0 unspecified atom stereocenters. The molecule has 5 rings (SSSR count). The second-order valence-corrected chi connectivity index (χ2v) is 9.36. The fourth-order valence-electron chi connectivity index (χ4n) is 4.00. The predicted octanol–water partition coefficient (Wildman–Crippen LogP) is 3.00. The molecule has 0 radical (unpaired) electrons. The lowest BCUT2D eigenvalue weighted by Gasteiger charge is -2.16. The van der Waals surface area contributed by atoms with E-state index >= 15 is 0 Å². The molecule has 0 spiro atoms. The maximum atomic E-state index is 12.2. The summed E-state index contributed by atoms with van der Waals surface area (Å²) in [6.45, 7) is 2.31. The fraction of sp³-hybridized carbons (Fsp3) is 0.160. The molecule has 194 valence electrons. The van der Waals surface area contributed by atoms with Gasteiger partial charge in [-0.2, -0.15) is 0 Å². The van der Waals surface area contributed by atoms with Gasteiger partial charge in [0.05, 0.1) is 32.7 Å². The van der Waals surface area contributed by atoms with Crippen LogP contribution in [0.5, 0.6) is 17.4 Å². The minimum atomic E-state index is -4.13. The highest BCUT2D eigenvalue weighted by molar-refractivity contribution is 7.89. The van der Waals surface area contributed by atoms with Gasteiger partial charge in [0.25, 0.3) is 10.0 Å². The van der Waals surface area contributed by atoms with E-state index in [9.17, 15) is 8.42 Å². The molecule has 5 aromatic rings. The lowest BCUT2D eigenvalue weighted by Crippen LogP contribution is -2.15. The van der Waals surface area contributed by atoms with E-state index in [-0.39, 0.29) is 21.9 Å². The molecule has 4 aromatic heterocycles. The molecular weight excluding hydrogens is 510 g/mol. The fourth-order valence-corrected chi connectivity index (χ4v) is 4.68. The number of pyridine rings is 2. The van der Waals surface area contributed by atoms with Gasteiger partial charge in [0, 0.05) is 17.8 Å². The number of imidazole rings is 1. The maximum absolute atomic E-state index is 12.2. The molecule has 1 aromatic carbocycles. The predicted molar refractivity (Wildman–Crippen MR) is 139 cm³/mol. The lowest BCUT2D eigenvalue weighted by molar-refractivity contribution is 0.327. The van der Waals surface area contributed by atoms with Gasteiger partial charge in [0.15, 0.2) is 22.1 Å². The minimum Gasteiger partial charge on any atom is -0.494 e. The van der Waals surface area contributed by atoms with Crippen molar-refractivity contribution in [3.05, 3.63) is 60.9 Å². The van der Waals surface area contributed by atoms with Crippen LogP contribution in [0, 0.1) is 0 Å². The smallest absolute Gasteiger partial charge is 0.256 e. The van der Waals surface area contributed by atoms with E-state index in [1.54, 1.807) is 53.1 Å². The van der Waals surface area contributed by atoms with Crippen LogP contribution in [-0.2, 0) is 10.0 Å². The number of nitrogens with two attached hydrogens (primary N) is 1. The van der Waals surface area contributed by atoms with Gasteiger partial charge in [-0.05, 0) is 37.3 Å². The van der Waals surface area contributed by atoms with Crippen LogP contribution in [0.3, 0.4) is 0 Å². The summed E-state index contributed by atoms with van der Waals surface area (Å²) in [7, 11) is -1.06. The second-order valence-electron chi connectivity index (χ2n) is 7.88. The molecule has 0 saturated carbocycles. The Kier molecular flexibility index (Phi) is 6.61. The lowest BCUT2D eigenvalue weighted by atomic mass is 10.2. The Morgan fingerprint density at radius 3 is 2.32 bits per heavy atom. The van der Waals surface area contributed by atoms with Crippen LogP contribution in [-0.4, -0.2) is 58.7 Å². The average Bonchev–Trinajstić information content (AvgIpc) is 3.31. The number of nitrogens with zero attached hydrogens (tertiary/aromatic N) is 6. The third kappa shape index (κ3) is 4.48. The number of benzene rings is 1. The van der Waals surface area contributed by atoms with Crippen LogP contribution < -0.4 is 19.3 Å². The van der Waals surface area contributed by atoms with E-state index in [2.05, 4.69) is 15.0 Å². The van der Waals surface area contributed by atoms with Gasteiger partial charge in [-0.15, -0.1) is 0 Å². The Labute approximate surface area is 218 Å². The van der Waals surface area contributed by atoms with Crippen molar-refractivity contribution < 1.29 is 22.6 Å². The molecule has 0 saturated heterocycles. The highest BCUT2D eigenvalue weighted by Gasteiger charge is 2.25. The number of primary sulfonamides is 1. The summed E-state index contributed by atoms with van der Waals surface area (Å²) in [5.41, 5.74) is 1.99. The van der Waals surface area contributed by atoms with Gasteiger partial charge >= 0.3 is 0 Å². The summed E-state index contributed by atoms with van der Waals surface area (Å²) in [5.74, 6) is 1.76. The number of sulfonamides is 1. The first-order chi connectivity index (χ1) is 18.4. The quantitative estimate of drug-likeness (QED) is 0.314. The van der Waals surface area contributed by atoms with Gasteiger partial charge in [-0.1, -0.05) is 12.1 Å². The van der Waals surface area contributed by atoms with Crippen molar-refractivity contribution in [1.82, 2.24) is 29.5 Å². The molecule has 0 aliphatic heterocycles. The maximum Gasteiger partial charge on any atom is 0.256 e. The number of hydrogen-bond acceptors (Lipinski definition) is 10. The summed E-state index contributed by atoms with van der Waals surface area (Å²) in [6, 6.07) is 13.8. The van der Waals surface area contributed by atoms with Crippen molar-refractivity contribution >= 4 is 21.3 Å². The largest absolute Gasteiger partial charge is 0.494 e. The van der Waals surface area contributed by atoms with E-state index in [0.717, 1.165) is 0 Å². The van der Waals surface area contributed by atoms with Crippen molar-refractivity contribution in [3.63, 3.8) is 0 Å². The molecule has 0 atom stereocenters. The van der Waals surface area contributed by atoms with E-state index in [1.807, 2.05) is 6.92 Å². The van der Waals surface area contributed by atoms with Gasteiger partial charge in [-0.25, -0.2) is 38.5 Å². The van der Waals surface area contributed by atoms with Crippen molar-refractivity contribution in [2.24, 2.45) is 5.14 Å². The molecule has 38 heavy (non-hydrogen) atoms. The van der Waals surface area contributed by atoms with Crippen molar-refractivity contribution in [3.8, 4) is 45.8 Å². The Morgan fingerprint density at radius 1 is 0.895 bits per heavy atom. The molecule has 0 aliphatic rings. The van der Waals surface area contributed by atoms with E-state index in [0.29, 0.717) is 46.8 Å². The summed E-state index contributed by atoms with van der Waals surface area (Å²) >= 11 is 0. The molecule has 0 fully saturated rings. The summed E-state index contributed by atoms with van der Waals surface area (Å²) in [4.78, 5) is 22.5. The van der Waals surface area contributed by atoms with Crippen molar-refractivity contribution in [1.29, 1.82) is 0 Å². The van der Waals surface area contributed by atoms with Crippen molar-refractivity contribution in [2.75, 3.05) is 20.8 Å². The summed E-state index contributed by atoms with van der Waals surface area (Å²) in [6.07, 6.45) is 2.76. The SMILES string of the molecule is CCOc1cccc(-c2nc3ncc(-c4cccnc4S(N)(=O)=O)nc3n2-c2c(OC)cccc2OC)n1. The van der Waals surface area contributed by atoms with E-state index in [1.165, 1.54) is 26.6 Å². The summed E-state index contributed by atoms with van der Waals surface area (Å²) < 4.78 is 43.1. The Hall–Kier alpha value is -4.62. The van der Waals surface area contributed by atoms with Crippen molar-refractivity contribution in [2.45, 2.75) is 11.9 Å². The molecule has 0 amide bonds. The van der Waals surface area contributed by atoms with Crippen LogP contribution in [0.2, 0.25) is 0 Å². The monoisotopic (exact) mass is 533 g/mol. The van der Waals surface area contributed by atoms with Crippen LogP contribution in [0.15, 0.2) is 66.0 Å². The van der Waals surface area contributed by atoms with E-state index < -0.39 is 10.0 Å². The second kappa shape index (κ2) is 10.0. The minimum absolute atomic E-state index is 0.196. The molecular formula is C25H23N7O5S. The van der Waals surface area contributed by atoms with Gasteiger partial charge in [-0.3, -0.25) is 4.57 Å². The van der Waals surface area contributed by atoms with Gasteiger partial charge in [0.1, 0.15) is 22.9 Å². The number of para-hydroxylation sites is 1. The van der Waals surface area contributed by atoms with Gasteiger partial charge < -0.3 is 14.2 Å². The topological polar surface area (TPSA) is 157 Å². The number of hydrogen-bond donors (Lipinski definition) is 1. The number of rotatable bonds is 8. The number of fused-ring (bicyclic) bond motifs is 1. The van der Waals surface area contributed by atoms with Crippen LogP contribution >= 0.6 is 0 Å². The first-order valence-corrected chi connectivity index (χ1v) is 13.0. The number of methoxy groups -OCH3 is 2. The summed E-state index contributed by atoms with van der Waals surface area (Å²) in [5, 5.41) is 5.10. The third-order valence-electron chi connectivity index (χ3n) is 5.56. The molecule has 12 nitrogen and oxygen atoms in total. The first-order valence-electron chi connectivity index (χ1n) is 11.4. The first kappa shape index (κ1) is 25.0. The number of aromatic nitrogens is 6. The zero-order chi connectivity index (χ0) is 26.9. The molecule has 4 heterocycles. The standard InChI is InChI=1S/C25H23N7O5S/c1-4-37-20-12-5-9-16(29-20)23-31-22-24(32(23)21-18(35-2)10-6-11-19(21)36-3)30-17(14-28-22)15-8-7-13-27-25(15)38(26,33)34/h5-14H,4H2,1-3H3,(H2,26,33,34). The number of ether oxygens (including phenoxy) is 3. The normalized spacial score (nSPS) is 11.5. The Morgan fingerprint density at radius 2 is 1.63 bits per heavy atom. The Bertz CT molecular complexity index is 1730. The van der Waals surface area contributed by atoms with E-state index in [4.69, 9.17) is 29.3 Å². The zero-order valence-corrected chi connectivity index (χ0v) is 21.5. The Balaban J connectivity index is 1.86. The highest BCUT2D eigenvalue weighted by Crippen LogP contribution is 2.38. The molecule has 0 bridgehead atoms. The van der Waals surface area contributed by atoms with Crippen LogP contribution in [0.1, 0.15) is 6.92 Å². The third-order valence-corrected chi connectivity index (χ3v) is 6.42. The molecule has 0 aliphatic carbocycles. The van der Waals surface area contributed by atoms with Gasteiger partial charge in [0.2, 0.25) is 5.88 Å². The van der Waals surface area contributed by atoms with Crippen LogP contribution in [0.25, 0.3) is 39.8 Å². The molecule has 2 N–H and O–H groups in total. The average molecular weight is 534 g/mol.